The molecule has 0 amide bonds. The summed E-state index contributed by atoms with van der Waals surface area (Å²) in [5.41, 5.74) is 1.06. The molecule has 0 aromatic heterocycles. The van der Waals surface area contributed by atoms with Gasteiger partial charge in [0.25, 0.3) is 0 Å². The van der Waals surface area contributed by atoms with E-state index in [-0.39, 0.29) is 6.10 Å². The van der Waals surface area contributed by atoms with E-state index in [1.807, 2.05) is 44.2 Å². The van der Waals surface area contributed by atoms with Gasteiger partial charge in [-0.1, -0.05) is 44.2 Å². The number of piperidine rings is 1. The summed E-state index contributed by atoms with van der Waals surface area (Å²) in [7, 11) is 2.14. The molecule has 17 heavy (non-hydrogen) atoms. The molecule has 1 fully saturated rings. The standard InChI is InChI=1S/C13H19NO.C2H6/c1-14-9-7-12(8-10-14)13(15)11-5-3-2-4-6-11;1-2/h2-6,12-13,15H,7-10H2,1H3;1-2H3. The van der Waals surface area contributed by atoms with Gasteiger partial charge in [-0.05, 0) is 44.5 Å². The minimum atomic E-state index is -0.278. The van der Waals surface area contributed by atoms with Crippen molar-refractivity contribution in [1.82, 2.24) is 4.90 Å². The summed E-state index contributed by atoms with van der Waals surface area (Å²) in [5, 5.41) is 10.2. The third kappa shape index (κ3) is 4.14. The predicted octanol–water partition coefficient (Wildman–Crippen LogP) is 3.09. The summed E-state index contributed by atoms with van der Waals surface area (Å²) in [6.07, 6.45) is 1.93. The zero-order valence-electron chi connectivity index (χ0n) is 11.3. The molecular weight excluding hydrogens is 210 g/mol. The molecule has 2 rings (SSSR count). The molecule has 0 aliphatic carbocycles. The van der Waals surface area contributed by atoms with Crippen LogP contribution in [0.1, 0.15) is 38.4 Å². The predicted molar refractivity (Wildman–Crippen MR) is 73.0 cm³/mol. The summed E-state index contributed by atoms with van der Waals surface area (Å²) < 4.78 is 0. The Bertz CT molecular complexity index is 291. The molecule has 1 aliphatic rings. The maximum Gasteiger partial charge on any atom is 0.0819 e. The fourth-order valence-corrected chi connectivity index (χ4v) is 2.27. The number of likely N-dealkylation sites (tertiary alicyclic amines) is 1. The maximum atomic E-state index is 10.2. The first-order valence-electron chi connectivity index (χ1n) is 6.69. The maximum absolute atomic E-state index is 10.2. The molecule has 96 valence electrons. The molecule has 0 radical (unpaired) electrons. The number of hydrogen-bond acceptors (Lipinski definition) is 2. The van der Waals surface area contributed by atoms with E-state index in [2.05, 4.69) is 11.9 Å². The molecule has 1 aliphatic heterocycles. The second-order valence-corrected chi connectivity index (χ2v) is 4.50. The van der Waals surface area contributed by atoms with Crippen LogP contribution in [-0.2, 0) is 0 Å². The molecule has 2 heteroatoms. The Morgan fingerprint density at radius 3 is 2.18 bits per heavy atom. The van der Waals surface area contributed by atoms with Crippen molar-refractivity contribution in [2.75, 3.05) is 20.1 Å². The van der Waals surface area contributed by atoms with Crippen LogP contribution in [0.2, 0.25) is 0 Å². The van der Waals surface area contributed by atoms with Gasteiger partial charge in [0, 0.05) is 0 Å². The third-order valence-electron chi connectivity index (χ3n) is 3.35. The van der Waals surface area contributed by atoms with E-state index >= 15 is 0 Å². The lowest BCUT2D eigenvalue weighted by Gasteiger charge is -2.32. The Morgan fingerprint density at radius 2 is 1.65 bits per heavy atom. The van der Waals surface area contributed by atoms with Crippen LogP contribution in [0.25, 0.3) is 0 Å². The van der Waals surface area contributed by atoms with E-state index in [1.54, 1.807) is 0 Å². The van der Waals surface area contributed by atoms with Gasteiger partial charge < -0.3 is 10.0 Å². The van der Waals surface area contributed by atoms with E-state index in [1.165, 1.54) is 0 Å². The third-order valence-corrected chi connectivity index (χ3v) is 3.35. The highest BCUT2D eigenvalue weighted by Crippen LogP contribution is 2.29. The van der Waals surface area contributed by atoms with Gasteiger partial charge in [0.05, 0.1) is 6.10 Å². The number of rotatable bonds is 2. The summed E-state index contributed by atoms with van der Waals surface area (Å²) in [6.45, 7) is 6.21. The number of nitrogens with zero attached hydrogens (tertiary/aromatic N) is 1. The number of aliphatic hydroxyl groups excluding tert-OH is 1. The second kappa shape index (κ2) is 7.46. The first-order chi connectivity index (χ1) is 8.27. The average molecular weight is 235 g/mol. The first kappa shape index (κ1) is 14.2. The van der Waals surface area contributed by atoms with E-state index < -0.39 is 0 Å². The van der Waals surface area contributed by atoms with Gasteiger partial charge in [0.2, 0.25) is 0 Å². The van der Waals surface area contributed by atoms with Gasteiger partial charge in [0.1, 0.15) is 0 Å². The molecule has 1 heterocycles. The Hall–Kier alpha value is -0.860. The summed E-state index contributed by atoms with van der Waals surface area (Å²) >= 11 is 0. The Kier molecular flexibility index (Phi) is 6.23. The SMILES string of the molecule is CC.CN1CCC(C(O)c2ccccc2)CC1. The van der Waals surface area contributed by atoms with Crippen molar-refractivity contribution in [3.05, 3.63) is 35.9 Å². The van der Waals surface area contributed by atoms with Crippen molar-refractivity contribution in [2.45, 2.75) is 32.8 Å². The molecule has 1 atom stereocenters. The van der Waals surface area contributed by atoms with Gasteiger partial charge in [-0.3, -0.25) is 0 Å². The van der Waals surface area contributed by atoms with Gasteiger partial charge in [-0.15, -0.1) is 0 Å². The summed E-state index contributed by atoms with van der Waals surface area (Å²) in [5.74, 6) is 0.434. The minimum Gasteiger partial charge on any atom is -0.388 e. The largest absolute Gasteiger partial charge is 0.388 e. The van der Waals surface area contributed by atoms with Crippen LogP contribution in [-0.4, -0.2) is 30.1 Å². The fraction of sp³-hybridized carbons (Fsp3) is 0.600. The second-order valence-electron chi connectivity index (χ2n) is 4.50. The van der Waals surface area contributed by atoms with Crippen LogP contribution < -0.4 is 0 Å². The quantitative estimate of drug-likeness (QED) is 0.851. The summed E-state index contributed by atoms with van der Waals surface area (Å²) in [4.78, 5) is 2.33. The fourth-order valence-electron chi connectivity index (χ4n) is 2.27. The van der Waals surface area contributed by atoms with Gasteiger partial charge in [0.15, 0.2) is 0 Å². The van der Waals surface area contributed by atoms with E-state index in [0.717, 1.165) is 31.5 Å². The van der Waals surface area contributed by atoms with Crippen molar-refractivity contribution in [3.63, 3.8) is 0 Å². The average Bonchev–Trinajstić information content (AvgIpc) is 2.42. The lowest BCUT2D eigenvalue weighted by Crippen LogP contribution is -2.32. The molecule has 2 nitrogen and oxygen atoms in total. The van der Waals surface area contributed by atoms with E-state index in [0.29, 0.717) is 5.92 Å². The first-order valence-corrected chi connectivity index (χ1v) is 6.69. The van der Waals surface area contributed by atoms with Crippen LogP contribution in [0, 0.1) is 5.92 Å². The number of benzene rings is 1. The molecule has 1 unspecified atom stereocenters. The smallest absolute Gasteiger partial charge is 0.0819 e. The Balaban J connectivity index is 0.000000686. The van der Waals surface area contributed by atoms with Crippen LogP contribution in [0.4, 0.5) is 0 Å². The van der Waals surface area contributed by atoms with Crippen LogP contribution in [0.15, 0.2) is 30.3 Å². The van der Waals surface area contributed by atoms with Gasteiger partial charge in [-0.2, -0.15) is 0 Å². The topological polar surface area (TPSA) is 23.5 Å². The lowest BCUT2D eigenvalue weighted by atomic mass is 9.88. The molecule has 1 saturated heterocycles. The number of aliphatic hydroxyl groups is 1. The molecule has 1 aromatic rings. The van der Waals surface area contributed by atoms with E-state index in [4.69, 9.17) is 0 Å². The van der Waals surface area contributed by atoms with Crippen molar-refractivity contribution < 1.29 is 5.11 Å². The molecule has 1 aromatic carbocycles. The van der Waals surface area contributed by atoms with Crippen LogP contribution in [0.5, 0.6) is 0 Å². The number of hydrogen-bond donors (Lipinski definition) is 1. The summed E-state index contributed by atoms with van der Waals surface area (Å²) in [6, 6.07) is 10.0. The Labute approximate surface area is 105 Å². The van der Waals surface area contributed by atoms with E-state index in [9.17, 15) is 5.11 Å². The monoisotopic (exact) mass is 235 g/mol. The van der Waals surface area contributed by atoms with Crippen molar-refractivity contribution in [1.29, 1.82) is 0 Å². The zero-order valence-corrected chi connectivity index (χ0v) is 11.3. The lowest BCUT2D eigenvalue weighted by molar-refractivity contribution is 0.0657. The van der Waals surface area contributed by atoms with Crippen LogP contribution >= 0.6 is 0 Å². The minimum absolute atomic E-state index is 0.278. The van der Waals surface area contributed by atoms with Gasteiger partial charge >= 0.3 is 0 Å². The molecule has 1 N–H and O–H groups in total. The van der Waals surface area contributed by atoms with Crippen molar-refractivity contribution in [2.24, 2.45) is 5.92 Å². The highest BCUT2D eigenvalue weighted by atomic mass is 16.3. The molecular formula is C15H25NO. The molecule has 0 spiro atoms. The van der Waals surface area contributed by atoms with Crippen molar-refractivity contribution >= 4 is 0 Å². The van der Waals surface area contributed by atoms with Crippen LogP contribution in [0.3, 0.4) is 0 Å². The zero-order chi connectivity index (χ0) is 12.7. The van der Waals surface area contributed by atoms with Crippen molar-refractivity contribution in [3.8, 4) is 0 Å². The highest BCUT2D eigenvalue weighted by Gasteiger charge is 2.24. The van der Waals surface area contributed by atoms with Gasteiger partial charge in [-0.25, -0.2) is 0 Å². The normalized spacial score (nSPS) is 19.3. The highest BCUT2D eigenvalue weighted by molar-refractivity contribution is 5.18. The molecule has 0 saturated carbocycles. The molecule has 0 bridgehead atoms. The Morgan fingerprint density at radius 1 is 1.12 bits per heavy atom.